The van der Waals surface area contributed by atoms with Gasteiger partial charge in [0.25, 0.3) is 0 Å². The zero-order chi connectivity index (χ0) is 18.3. The average molecular weight is 381 g/mol. The molecule has 4 rings (SSSR count). The summed E-state index contributed by atoms with van der Waals surface area (Å²) in [5.74, 6) is 0.00634. The molecule has 2 heterocycles. The van der Waals surface area contributed by atoms with Crippen molar-refractivity contribution < 1.29 is 19.7 Å². The van der Waals surface area contributed by atoms with Gasteiger partial charge in [-0.1, -0.05) is 11.6 Å². The van der Waals surface area contributed by atoms with E-state index in [-0.39, 0.29) is 18.0 Å². The van der Waals surface area contributed by atoms with Crippen molar-refractivity contribution in [2.75, 3.05) is 32.0 Å². The number of piperidine rings is 1. The summed E-state index contributed by atoms with van der Waals surface area (Å²) in [6.45, 7) is 3.46. The molecule has 1 aromatic rings. The smallest absolute Gasteiger partial charge is 0.313 e. The van der Waals surface area contributed by atoms with Gasteiger partial charge in [0.15, 0.2) is 5.75 Å². The van der Waals surface area contributed by atoms with Crippen LogP contribution in [0, 0.1) is 11.8 Å². The van der Waals surface area contributed by atoms with Gasteiger partial charge >= 0.3 is 5.97 Å². The Hall–Kier alpha value is -1.50. The molecule has 1 saturated carbocycles. The van der Waals surface area contributed by atoms with Crippen molar-refractivity contribution in [2.45, 2.75) is 38.0 Å². The molecule has 7 heteroatoms. The van der Waals surface area contributed by atoms with Crippen LogP contribution in [0.4, 0.5) is 5.69 Å². The lowest BCUT2D eigenvalue weighted by Gasteiger charge is -2.33. The number of hydrogen-bond acceptors (Lipinski definition) is 5. The quantitative estimate of drug-likeness (QED) is 0.603. The first kappa shape index (κ1) is 17.9. The van der Waals surface area contributed by atoms with Crippen molar-refractivity contribution >= 4 is 23.3 Å². The number of benzene rings is 1. The van der Waals surface area contributed by atoms with E-state index in [9.17, 15) is 9.90 Å². The Morgan fingerprint density at radius 2 is 2.00 bits per heavy atom. The third kappa shape index (κ3) is 3.63. The fourth-order valence-corrected chi connectivity index (χ4v) is 4.35. The molecule has 142 valence electrons. The van der Waals surface area contributed by atoms with Crippen LogP contribution in [0.1, 0.15) is 42.7 Å². The second-order valence-electron chi connectivity index (χ2n) is 7.82. The van der Waals surface area contributed by atoms with Gasteiger partial charge in [-0.25, -0.2) is 0 Å². The highest BCUT2D eigenvalue weighted by Crippen LogP contribution is 2.44. The SMILES string of the molecule is Nc1c(Cl)cc(CC2CCN(CC3CC3)CC2)c2c1OOCC2C(=O)O. The molecule has 0 spiro atoms. The van der Waals surface area contributed by atoms with Gasteiger partial charge in [0.1, 0.15) is 12.5 Å². The Bertz CT molecular complexity index is 699. The van der Waals surface area contributed by atoms with Crippen LogP contribution >= 0.6 is 11.6 Å². The van der Waals surface area contributed by atoms with Crippen molar-refractivity contribution in [1.82, 2.24) is 4.90 Å². The summed E-state index contributed by atoms with van der Waals surface area (Å²) in [5.41, 5.74) is 7.80. The molecule has 1 unspecified atom stereocenters. The van der Waals surface area contributed by atoms with Gasteiger partial charge in [0, 0.05) is 12.1 Å². The fraction of sp³-hybridized carbons (Fsp3) is 0.632. The topological polar surface area (TPSA) is 85.0 Å². The molecule has 0 aromatic heterocycles. The lowest BCUT2D eigenvalue weighted by atomic mass is 9.84. The first-order valence-corrected chi connectivity index (χ1v) is 9.76. The number of aliphatic carboxylic acids is 1. The van der Waals surface area contributed by atoms with E-state index < -0.39 is 11.9 Å². The van der Waals surface area contributed by atoms with Gasteiger partial charge in [0.05, 0.1) is 10.7 Å². The molecule has 3 aliphatic rings. The van der Waals surface area contributed by atoms with Crippen LogP contribution in [-0.4, -0.2) is 42.2 Å². The van der Waals surface area contributed by atoms with E-state index in [1.54, 1.807) is 0 Å². The minimum absolute atomic E-state index is 0.0176. The number of hydrogen-bond donors (Lipinski definition) is 2. The van der Waals surface area contributed by atoms with E-state index in [0.29, 0.717) is 16.5 Å². The fourth-order valence-electron chi connectivity index (χ4n) is 4.14. The first-order chi connectivity index (χ1) is 12.5. The second-order valence-corrected chi connectivity index (χ2v) is 8.23. The number of rotatable bonds is 5. The predicted molar refractivity (Wildman–Crippen MR) is 98.4 cm³/mol. The van der Waals surface area contributed by atoms with Gasteiger partial charge in [-0.3, -0.25) is 4.79 Å². The maximum Gasteiger partial charge on any atom is 0.313 e. The highest BCUT2D eigenvalue weighted by Gasteiger charge is 2.35. The molecule has 0 bridgehead atoms. The number of halogens is 1. The molecular formula is C19H25ClN2O4. The summed E-state index contributed by atoms with van der Waals surface area (Å²) in [5, 5.41) is 9.97. The monoisotopic (exact) mass is 380 g/mol. The van der Waals surface area contributed by atoms with Crippen LogP contribution < -0.4 is 10.6 Å². The number of likely N-dealkylation sites (tertiary alicyclic amines) is 1. The number of carboxylic acids is 1. The number of nitrogens with zero attached hydrogens (tertiary/aromatic N) is 1. The average Bonchev–Trinajstić information content (AvgIpc) is 3.44. The van der Waals surface area contributed by atoms with Crippen molar-refractivity contribution in [3.63, 3.8) is 0 Å². The highest BCUT2D eigenvalue weighted by molar-refractivity contribution is 6.33. The standard InChI is InChI=1S/C19H25ClN2O4/c20-15-8-13(7-11-3-5-22(6-4-11)9-12-1-2-12)16-14(19(23)24)10-25-26-18(16)17(15)21/h8,11-12,14H,1-7,9-10,21H2,(H,23,24). The maximum atomic E-state index is 11.7. The van der Waals surface area contributed by atoms with Crippen molar-refractivity contribution in [3.8, 4) is 5.75 Å². The van der Waals surface area contributed by atoms with Crippen molar-refractivity contribution in [1.29, 1.82) is 0 Å². The largest absolute Gasteiger partial charge is 0.481 e. The predicted octanol–water partition coefficient (Wildman–Crippen LogP) is 3.08. The molecule has 3 N–H and O–H groups in total. The molecule has 1 aromatic carbocycles. The number of nitrogens with two attached hydrogens (primary N) is 1. The lowest BCUT2D eigenvalue weighted by molar-refractivity contribution is -0.222. The second kappa shape index (κ2) is 7.25. The first-order valence-electron chi connectivity index (χ1n) is 9.38. The Morgan fingerprint density at radius 1 is 1.27 bits per heavy atom. The summed E-state index contributed by atoms with van der Waals surface area (Å²) in [6.07, 6.45) is 5.81. The zero-order valence-electron chi connectivity index (χ0n) is 14.7. The summed E-state index contributed by atoms with van der Waals surface area (Å²) < 4.78 is 0. The van der Waals surface area contributed by atoms with Crippen molar-refractivity contribution in [3.05, 3.63) is 22.2 Å². The molecule has 0 amide bonds. The van der Waals surface area contributed by atoms with Gasteiger partial charge in [-0.05, 0) is 68.7 Å². The molecule has 1 atom stereocenters. The number of anilines is 1. The molecule has 2 fully saturated rings. The molecular weight excluding hydrogens is 356 g/mol. The van der Waals surface area contributed by atoms with E-state index in [0.717, 1.165) is 43.8 Å². The Balaban J connectivity index is 1.52. The summed E-state index contributed by atoms with van der Waals surface area (Å²) in [6, 6.07) is 1.82. The van der Waals surface area contributed by atoms with Crippen LogP contribution in [0.3, 0.4) is 0 Å². The summed E-state index contributed by atoms with van der Waals surface area (Å²) in [4.78, 5) is 24.5. The van der Waals surface area contributed by atoms with Gasteiger partial charge in [-0.2, -0.15) is 4.89 Å². The minimum Gasteiger partial charge on any atom is -0.481 e. The molecule has 1 aliphatic carbocycles. The normalized spacial score (nSPS) is 24.1. The number of nitrogen functional groups attached to an aromatic ring is 1. The van der Waals surface area contributed by atoms with Gasteiger partial charge in [-0.15, -0.1) is 0 Å². The van der Waals surface area contributed by atoms with E-state index in [1.165, 1.54) is 19.4 Å². The number of fused-ring (bicyclic) bond motifs is 1. The van der Waals surface area contributed by atoms with Crippen LogP contribution in [0.25, 0.3) is 0 Å². The molecule has 0 radical (unpaired) electrons. The third-order valence-electron chi connectivity index (χ3n) is 5.85. The van der Waals surface area contributed by atoms with Crippen LogP contribution in [0.5, 0.6) is 5.75 Å². The van der Waals surface area contributed by atoms with E-state index in [1.807, 2.05) is 6.07 Å². The molecule has 26 heavy (non-hydrogen) atoms. The Kier molecular flexibility index (Phi) is 4.99. The molecule has 6 nitrogen and oxygen atoms in total. The van der Waals surface area contributed by atoms with E-state index in [2.05, 4.69) is 4.90 Å². The third-order valence-corrected chi connectivity index (χ3v) is 6.16. The summed E-state index contributed by atoms with van der Waals surface area (Å²) >= 11 is 6.27. The Labute approximate surface area is 158 Å². The zero-order valence-corrected chi connectivity index (χ0v) is 15.5. The Morgan fingerprint density at radius 3 is 2.65 bits per heavy atom. The van der Waals surface area contributed by atoms with Crippen LogP contribution in [-0.2, 0) is 16.1 Å². The summed E-state index contributed by atoms with van der Waals surface area (Å²) in [7, 11) is 0. The van der Waals surface area contributed by atoms with E-state index in [4.69, 9.17) is 27.1 Å². The lowest BCUT2D eigenvalue weighted by Crippen LogP contribution is -2.36. The number of carboxylic acid groups (broad SMARTS) is 1. The minimum atomic E-state index is -0.934. The van der Waals surface area contributed by atoms with Crippen LogP contribution in [0.15, 0.2) is 6.07 Å². The number of carbonyl (C=O) groups is 1. The van der Waals surface area contributed by atoms with Crippen LogP contribution in [0.2, 0.25) is 5.02 Å². The van der Waals surface area contributed by atoms with Gasteiger partial charge < -0.3 is 20.6 Å². The van der Waals surface area contributed by atoms with Gasteiger partial charge in [0.2, 0.25) is 0 Å². The molecule has 1 saturated heterocycles. The molecule has 2 aliphatic heterocycles. The highest BCUT2D eigenvalue weighted by atomic mass is 35.5. The maximum absolute atomic E-state index is 11.7. The van der Waals surface area contributed by atoms with E-state index >= 15 is 0 Å². The van der Waals surface area contributed by atoms with Crippen molar-refractivity contribution in [2.24, 2.45) is 11.8 Å².